The lowest BCUT2D eigenvalue weighted by Crippen LogP contribution is -2.58. The molecule has 0 aliphatic carbocycles. The summed E-state index contributed by atoms with van der Waals surface area (Å²) in [5, 5.41) is 7.71. The summed E-state index contributed by atoms with van der Waals surface area (Å²) in [6.07, 6.45) is 7.48. The summed E-state index contributed by atoms with van der Waals surface area (Å²) in [5.74, 6) is 1.83. The number of piperidine rings is 1. The first kappa shape index (κ1) is 23.5. The second kappa shape index (κ2) is 11.5. The topological polar surface area (TPSA) is 52.1 Å². The number of hydrogen-bond acceptors (Lipinski definition) is 4. The van der Waals surface area contributed by atoms with E-state index in [0.717, 1.165) is 57.6 Å². The number of nitrogens with zero attached hydrogens (tertiary/aromatic N) is 3. The molecule has 0 spiro atoms. The predicted octanol–water partition coefficient (Wildman–Crippen LogP) is 3.27. The second-order valence-electron chi connectivity index (χ2n) is 10.0. The van der Waals surface area contributed by atoms with Gasteiger partial charge < -0.3 is 25.2 Å². The Balaban J connectivity index is 1.32. The van der Waals surface area contributed by atoms with Gasteiger partial charge >= 0.3 is 0 Å². The second-order valence-corrected chi connectivity index (χ2v) is 10.0. The molecule has 0 saturated carbocycles. The van der Waals surface area contributed by atoms with Crippen molar-refractivity contribution in [3.8, 4) is 0 Å². The fourth-order valence-electron chi connectivity index (χ4n) is 5.68. The highest BCUT2D eigenvalue weighted by Gasteiger charge is 2.35. The molecule has 0 bridgehead atoms. The van der Waals surface area contributed by atoms with Crippen LogP contribution < -0.4 is 10.6 Å². The standard InChI is InChI=1S/C26H43N5O/c1-22(24-9-5-3-6-10-24)29-26(12-17-32-18-13-26)21-28-25(27-2)31-16-11-23(20-31)19-30-14-7-4-8-15-30/h3,5-6,9-10,22-23,29H,4,7-8,11-21H2,1-2H3,(H,27,28). The van der Waals surface area contributed by atoms with Crippen molar-refractivity contribution in [1.82, 2.24) is 20.4 Å². The molecule has 1 aromatic carbocycles. The van der Waals surface area contributed by atoms with Gasteiger partial charge in [0, 0.05) is 58.0 Å². The van der Waals surface area contributed by atoms with E-state index in [1.54, 1.807) is 0 Å². The molecule has 0 radical (unpaired) electrons. The summed E-state index contributed by atoms with van der Waals surface area (Å²) in [6.45, 7) is 10.9. The molecule has 0 amide bonds. The van der Waals surface area contributed by atoms with Gasteiger partial charge in [0.1, 0.15) is 0 Å². The van der Waals surface area contributed by atoms with E-state index >= 15 is 0 Å². The Morgan fingerprint density at radius 2 is 1.88 bits per heavy atom. The van der Waals surface area contributed by atoms with Crippen molar-refractivity contribution in [3.63, 3.8) is 0 Å². The molecule has 6 nitrogen and oxygen atoms in total. The molecule has 2 atom stereocenters. The van der Waals surface area contributed by atoms with Crippen LogP contribution in [0.15, 0.2) is 35.3 Å². The van der Waals surface area contributed by atoms with E-state index in [4.69, 9.17) is 4.74 Å². The molecule has 178 valence electrons. The highest BCUT2D eigenvalue weighted by molar-refractivity contribution is 5.80. The van der Waals surface area contributed by atoms with Gasteiger partial charge in [0.2, 0.25) is 0 Å². The van der Waals surface area contributed by atoms with Crippen LogP contribution in [-0.2, 0) is 4.74 Å². The molecule has 2 unspecified atom stereocenters. The van der Waals surface area contributed by atoms with Gasteiger partial charge in [0.15, 0.2) is 5.96 Å². The van der Waals surface area contributed by atoms with Crippen LogP contribution in [0, 0.1) is 5.92 Å². The molecule has 3 fully saturated rings. The number of hydrogen-bond donors (Lipinski definition) is 2. The monoisotopic (exact) mass is 441 g/mol. The van der Waals surface area contributed by atoms with E-state index in [9.17, 15) is 0 Å². The quantitative estimate of drug-likeness (QED) is 0.502. The van der Waals surface area contributed by atoms with Crippen LogP contribution in [0.25, 0.3) is 0 Å². The third kappa shape index (κ3) is 6.24. The first-order chi connectivity index (χ1) is 15.7. The molecule has 1 aromatic rings. The Morgan fingerprint density at radius 3 is 2.59 bits per heavy atom. The average Bonchev–Trinajstić information content (AvgIpc) is 3.29. The summed E-state index contributed by atoms with van der Waals surface area (Å²) in [7, 11) is 1.93. The molecule has 6 heteroatoms. The largest absolute Gasteiger partial charge is 0.381 e. The van der Waals surface area contributed by atoms with Crippen LogP contribution in [0.1, 0.15) is 57.1 Å². The Bertz CT molecular complexity index is 712. The first-order valence-electron chi connectivity index (χ1n) is 12.8. The van der Waals surface area contributed by atoms with Gasteiger partial charge in [-0.05, 0) is 63.6 Å². The number of guanidine groups is 1. The fraction of sp³-hybridized carbons (Fsp3) is 0.731. The molecule has 3 aliphatic heterocycles. The average molecular weight is 442 g/mol. The van der Waals surface area contributed by atoms with E-state index in [0.29, 0.717) is 6.04 Å². The molecular weight excluding hydrogens is 398 g/mol. The van der Waals surface area contributed by atoms with Crippen molar-refractivity contribution in [1.29, 1.82) is 0 Å². The maximum Gasteiger partial charge on any atom is 0.193 e. The van der Waals surface area contributed by atoms with Crippen molar-refractivity contribution in [3.05, 3.63) is 35.9 Å². The minimum absolute atomic E-state index is 0.0242. The molecule has 2 N–H and O–H groups in total. The van der Waals surface area contributed by atoms with E-state index in [2.05, 4.69) is 62.7 Å². The van der Waals surface area contributed by atoms with Gasteiger partial charge in [-0.2, -0.15) is 0 Å². The lowest BCUT2D eigenvalue weighted by atomic mass is 9.88. The molecular formula is C26H43N5O. The maximum absolute atomic E-state index is 5.72. The van der Waals surface area contributed by atoms with E-state index in [1.165, 1.54) is 50.9 Å². The van der Waals surface area contributed by atoms with Crippen molar-refractivity contribution in [2.75, 3.05) is 59.5 Å². The van der Waals surface area contributed by atoms with Gasteiger partial charge in [-0.1, -0.05) is 36.8 Å². The normalized spacial score (nSPS) is 25.6. The van der Waals surface area contributed by atoms with Crippen LogP contribution >= 0.6 is 0 Å². The number of nitrogens with one attached hydrogen (secondary N) is 2. The van der Waals surface area contributed by atoms with Gasteiger partial charge in [-0.3, -0.25) is 4.99 Å². The van der Waals surface area contributed by atoms with Gasteiger partial charge in [0.05, 0.1) is 0 Å². The first-order valence-corrected chi connectivity index (χ1v) is 12.8. The third-order valence-electron chi connectivity index (χ3n) is 7.62. The van der Waals surface area contributed by atoms with Crippen LogP contribution in [0.3, 0.4) is 0 Å². The third-order valence-corrected chi connectivity index (χ3v) is 7.62. The number of likely N-dealkylation sites (tertiary alicyclic amines) is 2. The van der Waals surface area contributed by atoms with Gasteiger partial charge in [0.25, 0.3) is 0 Å². The molecule has 4 rings (SSSR count). The number of rotatable bonds is 7. The smallest absolute Gasteiger partial charge is 0.193 e. The summed E-state index contributed by atoms with van der Waals surface area (Å²) >= 11 is 0. The number of ether oxygens (including phenoxy) is 1. The van der Waals surface area contributed by atoms with Crippen LogP contribution in [-0.4, -0.2) is 80.8 Å². The maximum atomic E-state index is 5.72. The molecule has 3 heterocycles. The van der Waals surface area contributed by atoms with E-state index in [1.807, 2.05) is 7.05 Å². The van der Waals surface area contributed by atoms with Crippen molar-refractivity contribution >= 4 is 5.96 Å². The Labute approximate surface area is 194 Å². The zero-order valence-electron chi connectivity index (χ0n) is 20.2. The summed E-state index contributed by atoms with van der Waals surface area (Å²) < 4.78 is 5.72. The highest BCUT2D eigenvalue weighted by Crippen LogP contribution is 2.26. The SMILES string of the molecule is CN=C(NCC1(NC(C)c2ccccc2)CCOCC1)N1CCC(CN2CCCCC2)C1. The molecule has 3 saturated heterocycles. The lowest BCUT2D eigenvalue weighted by Gasteiger charge is -2.41. The number of benzene rings is 1. The Hall–Kier alpha value is -1.63. The minimum Gasteiger partial charge on any atom is -0.381 e. The molecule has 32 heavy (non-hydrogen) atoms. The summed E-state index contributed by atoms with van der Waals surface area (Å²) in [5.41, 5.74) is 1.36. The lowest BCUT2D eigenvalue weighted by molar-refractivity contribution is 0.0353. The minimum atomic E-state index is 0.0242. The number of aliphatic imine (C=N–C) groups is 1. The van der Waals surface area contributed by atoms with Crippen molar-refractivity contribution in [2.24, 2.45) is 10.9 Å². The van der Waals surface area contributed by atoms with Crippen molar-refractivity contribution in [2.45, 2.75) is 57.0 Å². The highest BCUT2D eigenvalue weighted by atomic mass is 16.5. The van der Waals surface area contributed by atoms with E-state index < -0.39 is 0 Å². The summed E-state index contributed by atoms with van der Waals surface area (Å²) in [6, 6.07) is 11.1. The van der Waals surface area contributed by atoms with Crippen LogP contribution in [0.4, 0.5) is 0 Å². The zero-order valence-corrected chi connectivity index (χ0v) is 20.2. The van der Waals surface area contributed by atoms with Crippen molar-refractivity contribution < 1.29 is 4.74 Å². The van der Waals surface area contributed by atoms with Crippen LogP contribution in [0.5, 0.6) is 0 Å². The fourth-order valence-corrected chi connectivity index (χ4v) is 5.68. The Morgan fingerprint density at radius 1 is 1.12 bits per heavy atom. The van der Waals surface area contributed by atoms with E-state index in [-0.39, 0.29) is 5.54 Å². The van der Waals surface area contributed by atoms with Gasteiger partial charge in [-0.15, -0.1) is 0 Å². The van der Waals surface area contributed by atoms with Gasteiger partial charge in [-0.25, -0.2) is 0 Å². The Kier molecular flexibility index (Phi) is 8.44. The van der Waals surface area contributed by atoms with Crippen LogP contribution in [0.2, 0.25) is 0 Å². The zero-order chi connectivity index (χ0) is 22.2. The molecule has 3 aliphatic rings. The molecule has 0 aromatic heterocycles. The summed E-state index contributed by atoms with van der Waals surface area (Å²) in [4.78, 5) is 9.82. The predicted molar refractivity (Wildman–Crippen MR) is 132 cm³/mol.